The highest BCUT2D eigenvalue weighted by atomic mass is 32.2. The molecular weight excluding hydrogens is 220 g/mol. The van der Waals surface area contributed by atoms with Gasteiger partial charge in [-0.15, -0.1) is 11.8 Å². The molecule has 0 bridgehead atoms. The minimum atomic E-state index is -0.850. The van der Waals surface area contributed by atoms with Crippen LogP contribution < -0.4 is 0 Å². The summed E-state index contributed by atoms with van der Waals surface area (Å²) >= 11 is 1.60. The van der Waals surface area contributed by atoms with Gasteiger partial charge in [-0.25, -0.2) is 4.79 Å². The second-order valence-corrected chi connectivity index (χ2v) is 4.57. The van der Waals surface area contributed by atoms with Crippen molar-refractivity contribution in [2.24, 2.45) is 5.92 Å². The van der Waals surface area contributed by atoms with E-state index in [1.807, 2.05) is 26.0 Å². The molecule has 2 nitrogen and oxygen atoms in total. The van der Waals surface area contributed by atoms with Crippen LogP contribution in [0.3, 0.4) is 0 Å². The van der Waals surface area contributed by atoms with Gasteiger partial charge in [-0.3, -0.25) is 0 Å². The average molecular weight is 240 g/mol. The van der Waals surface area contributed by atoms with Gasteiger partial charge in [0, 0.05) is 10.6 Å². The molecule has 0 spiro atoms. The van der Waals surface area contributed by atoms with Crippen LogP contribution >= 0.6 is 11.8 Å². The maximum absolute atomic E-state index is 10.9. The number of carbonyl (C=O) groups is 1. The van der Waals surface area contributed by atoms with Gasteiger partial charge < -0.3 is 5.11 Å². The molecule has 0 fully saturated rings. The molecule has 1 aromatic rings. The first-order chi connectivity index (χ1) is 7.61. The van der Waals surface area contributed by atoms with E-state index in [4.69, 9.17) is 5.11 Å². The van der Waals surface area contributed by atoms with Gasteiger partial charge in [0.1, 0.15) is 0 Å². The summed E-state index contributed by atoms with van der Waals surface area (Å²) in [5, 5.41) is 8.92. The summed E-state index contributed by atoms with van der Waals surface area (Å²) < 4.78 is 0. The standard InChI is InChI=1S/C11H14O2S.C2H6/c1-8(2)7-14-10-6-4-3-5-9(10)11(12)13;1-2/h3-6,8H,7H2,1-2H3,(H,12,13);1-2H3. The zero-order valence-electron chi connectivity index (χ0n) is 10.4. The van der Waals surface area contributed by atoms with Crippen LogP contribution in [-0.2, 0) is 0 Å². The van der Waals surface area contributed by atoms with Gasteiger partial charge in [0.15, 0.2) is 0 Å². The summed E-state index contributed by atoms with van der Waals surface area (Å²) in [6.07, 6.45) is 0. The molecule has 0 unspecified atom stereocenters. The summed E-state index contributed by atoms with van der Waals surface area (Å²) in [6.45, 7) is 8.24. The highest BCUT2D eigenvalue weighted by molar-refractivity contribution is 7.99. The highest BCUT2D eigenvalue weighted by Crippen LogP contribution is 2.24. The van der Waals surface area contributed by atoms with Crippen LogP contribution in [0, 0.1) is 5.92 Å². The van der Waals surface area contributed by atoms with Gasteiger partial charge in [-0.05, 0) is 18.1 Å². The number of thioether (sulfide) groups is 1. The van der Waals surface area contributed by atoms with E-state index in [0.29, 0.717) is 11.5 Å². The van der Waals surface area contributed by atoms with Crippen molar-refractivity contribution in [3.05, 3.63) is 29.8 Å². The third kappa shape index (κ3) is 5.21. The van der Waals surface area contributed by atoms with Crippen LogP contribution in [-0.4, -0.2) is 16.8 Å². The van der Waals surface area contributed by atoms with Gasteiger partial charge in [0.05, 0.1) is 5.56 Å². The molecule has 0 aliphatic rings. The topological polar surface area (TPSA) is 37.3 Å². The van der Waals surface area contributed by atoms with Crippen LogP contribution in [0.4, 0.5) is 0 Å². The zero-order valence-corrected chi connectivity index (χ0v) is 11.2. The molecule has 0 saturated heterocycles. The largest absolute Gasteiger partial charge is 0.478 e. The van der Waals surface area contributed by atoms with Crippen molar-refractivity contribution in [1.29, 1.82) is 0 Å². The lowest BCUT2D eigenvalue weighted by atomic mass is 10.2. The van der Waals surface area contributed by atoms with Crippen molar-refractivity contribution in [2.75, 3.05) is 5.75 Å². The summed E-state index contributed by atoms with van der Waals surface area (Å²) in [5.74, 6) is 0.670. The molecule has 3 heteroatoms. The second-order valence-electron chi connectivity index (χ2n) is 3.51. The maximum atomic E-state index is 10.9. The van der Waals surface area contributed by atoms with Crippen molar-refractivity contribution in [3.63, 3.8) is 0 Å². The van der Waals surface area contributed by atoms with E-state index < -0.39 is 5.97 Å². The van der Waals surface area contributed by atoms with Gasteiger partial charge in [-0.1, -0.05) is 39.8 Å². The highest BCUT2D eigenvalue weighted by Gasteiger charge is 2.09. The Balaban J connectivity index is 0.00000106. The average Bonchev–Trinajstić information content (AvgIpc) is 2.29. The molecule has 90 valence electrons. The molecule has 0 aliphatic carbocycles. The Hall–Kier alpha value is -0.960. The Labute approximate surface area is 102 Å². The lowest BCUT2D eigenvalue weighted by Gasteiger charge is -2.06. The Bertz CT molecular complexity index is 321. The predicted octanol–water partition coefficient (Wildman–Crippen LogP) is 4.16. The molecule has 0 aromatic heterocycles. The van der Waals surface area contributed by atoms with Gasteiger partial charge in [0.25, 0.3) is 0 Å². The van der Waals surface area contributed by atoms with Crippen LogP contribution in [0.25, 0.3) is 0 Å². The molecule has 0 atom stereocenters. The smallest absolute Gasteiger partial charge is 0.336 e. The lowest BCUT2D eigenvalue weighted by Crippen LogP contribution is -1.99. The number of carboxylic acids is 1. The molecule has 0 radical (unpaired) electrons. The third-order valence-electron chi connectivity index (χ3n) is 1.69. The third-order valence-corrected chi connectivity index (χ3v) is 3.19. The fraction of sp³-hybridized carbons (Fsp3) is 0.462. The Morgan fingerprint density at radius 2 is 1.88 bits per heavy atom. The maximum Gasteiger partial charge on any atom is 0.336 e. The number of aromatic carboxylic acids is 1. The van der Waals surface area contributed by atoms with Crippen molar-refractivity contribution >= 4 is 17.7 Å². The molecular formula is C13H20O2S. The van der Waals surface area contributed by atoms with Gasteiger partial charge in [0.2, 0.25) is 0 Å². The van der Waals surface area contributed by atoms with Crippen LogP contribution in [0.5, 0.6) is 0 Å². The van der Waals surface area contributed by atoms with E-state index in [9.17, 15) is 4.79 Å². The summed E-state index contributed by atoms with van der Waals surface area (Å²) in [5.41, 5.74) is 0.401. The molecule has 1 rings (SSSR count). The number of carboxylic acid groups (broad SMARTS) is 1. The fourth-order valence-electron chi connectivity index (χ4n) is 1.03. The lowest BCUT2D eigenvalue weighted by molar-refractivity contribution is 0.0693. The molecule has 1 N–H and O–H groups in total. The van der Waals surface area contributed by atoms with Crippen molar-refractivity contribution < 1.29 is 9.90 Å². The summed E-state index contributed by atoms with van der Waals surface area (Å²) in [4.78, 5) is 11.7. The normalized spacial score (nSPS) is 9.56. The summed E-state index contributed by atoms with van der Waals surface area (Å²) in [7, 11) is 0. The molecule has 0 aliphatic heterocycles. The summed E-state index contributed by atoms with van der Waals surface area (Å²) in [6, 6.07) is 7.12. The number of benzene rings is 1. The van der Waals surface area contributed by atoms with E-state index in [-0.39, 0.29) is 0 Å². The molecule has 16 heavy (non-hydrogen) atoms. The van der Waals surface area contributed by atoms with Crippen molar-refractivity contribution in [1.82, 2.24) is 0 Å². The number of hydrogen-bond acceptors (Lipinski definition) is 2. The first kappa shape index (κ1) is 15.0. The fourth-order valence-corrected chi connectivity index (χ4v) is 2.02. The molecule has 0 heterocycles. The van der Waals surface area contributed by atoms with E-state index in [0.717, 1.165) is 10.6 Å². The Kier molecular flexibility index (Phi) is 7.73. The first-order valence-corrected chi connectivity index (χ1v) is 6.55. The Morgan fingerprint density at radius 3 is 2.38 bits per heavy atom. The van der Waals surface area contributed by atoms with Crippen molar-refractivity contribution in [3.8, 4) is 0 Å². The minimum absolute atomic E-state index is 0.401. The molecule has 0 saturated carbocycles. The van der Waals surface area contributed by atoms with E-state index in [1.165, 1.54) is 0 Å². The molecule has 0 amide bonds. The SMILES string of the molecule is CC.CC(C)CSc1ccccc1C(=O)O. The van der Waals surface area contributed by atoms with E-state index in [2.05, 4.69) is 13.8 Å². The Morgan fingerprint density at radius 1 is 1.31 bits per heavy atom. The number of hydrogen-bond donors (Lipinski definition) is 1. The molecule has 1 aromatic carbocycles. The van der Waals surface area contributed by atoms with E-state index in [1.54, 1.807) is 23.9 Å². The van der Waals surface area contributed by atoms with Crippen LogP contribution in [0.1, 0.15) is 38.1 Å². The van der Waals surface area contributed by atoms with Crippen molar-refractivity contribution in [2.45, 2.75) is 32.6 Å². The van der Waals surface area contributed by atoms with Gasteiger partial charge in [-0.2, -0.15) is 0 Å². The first-order valence-electron chi connectivity index (χ1n) is 5.56. The minimum Gasteiger partial charge on any atom is -0.478 e. The monoisotopic (exact) mass is 240 g/mol. The van der Waals surface area contributed by atoms with Gasteiger partial charge >= 0.3 is 5.97 Å². The zero-order chi connectivity index (χ0) is 12.6. The van der Waals surface area contributed by atoms with Crippen LogP contribution in [0.15, 0.2) is 29.2 Å². The quantitative estimate of drug-likeness (QED) is 0.803. The van der Waals surface area contributed by atoms with E-state index >= 15 is 0 Å². The number of rotatable bonds is 4. The predicted molar refractivity (Wildman–Crippen MR) is 70.3 cm³/mol. The second kappa shape index (κ2) is 8.22. The van der Waals surface area contributed by atoms with Crippen LogP contribution in [0.2, 0.25) is 0 Å².